The van der Waals surface area contributed by atoms with E-state index >= 15 is 0 Å². The van der Waals surface area contributed by atoms with E-state index < -0.39 is 0 Å². The summed E-state index contributed by atoms with van der Waals surface area (Å²) in [6.07, 6.45) is 0. The van der Waals surface area contributed by atoms with Crippen molar-refractivity contribution < 1.29 is 4.79 Å². The lowest BCUT2D eigenvalue weighted by Crippen LogP contribution is -2.21. The van der Waals surface area contributed by atoms with E-state index in [9.17, 15) is 4.79 Å². The summed E-state index contributed by atoms with van der Waals surface area (Å²) in [6.45, 7) is 0.710. The van der Waals surface area contributed by atoms with E-state index in [1.807, 2.05) is 12.1 Å². The third kappa shape index (κ3) is 3.52. The fourth-order valence-corrected chi connectivity index (χ4v) is 3.17. The lowest BCUT2D eigenvalue weighted by molar-refractivity contribution is 0.0827. The minimum atomic E-state index is -0.0505. The number of carbonyl (C=O) groups excluding carboxylic acids is 1. The molecule has 0 aliphatic heterocycles. The van der Waals surface area contributed by atoms with Crippen molar-refractivity contribution in [3.8, 4) is 0 Å². The number of nitrogens with one attached hydrogen (secondary N) is 1. The fraction of sp³-hybridized carbons (Fsp3) is 0.214. The summed E-state index contributed by atoms with van der Waals surface area (Å²) in [5.74, 6) is -0.0505. The van der Waals surface area contributed by atoms with Gasteiger partial charge in [-0.05, 0) is 46.3 Å². The van der Waals surface area contributed by atoms with Crippen LogP contribution in [0.2, 0.25) is 0 Å². The standard InChI is InChI=1S/C14H16BrN3OS/c1-18(2)14(19)9-3-5-12(11(16)7-9)17-8-10-4-6-13(15)20-10/h3-7,17H,8,16H2,1-2H3. The number of nitrogens with two attached hydrogens (primary N) is 1. The zero-order valence-electron chi connectivity index (χ0n) is 11.3. The van der Waals surface area contributed by atoms with Crippen molar-refractivity contribution in [2.75, 3.05) is 25.1 Å². The Hall–Kier alpha value is -1.53. The Labute approximate surface area is 130 Å². The molecule has 0 unspecified atom stereocenters. The maximum Gasteiger partial charge on any atom is 0.253 e. The molecule has 1 aromatic carbocycles. The molecular weight excluding hydrogens is 338 g/mol. The van der Waals surface area contributed by atoms with E-state index in [1.165, 1.54) is 9.78 Å². The summed E-state index contributed by atoms with van der Waals surface area (Å²) in [6, 6.07) is 9.40. The lowest BCUT2D eigenvalue weighted by Gasteiger charge is -2.13. The lowest BCUT2D eigenvalue weighted by atomic mass is 10.1. The number of anilines is 2. The van der Waals surface area contributed by atoms with Gasteiger partial charge >= 0.3 is 0 Å². The Kier molecular flexibility index (Phi) is 4.67. The molecule has 1 aromatic heterocycles. The van der Waals surface area contributed by atoms with Crippen molar-refractivity contribution in [2.45, 2.75) is 6.54 Å². The van der Waals surface area contributed by atoms with Gasteiger partial charge in [0.05, 0.1) is 15.2 Å². The highest BCUT2D eigenvalue weighted by molar-refractivity contribution is 9.11. The molecule has 0 radical (unpaired) electrons. The van der Waals surface area contributed by atoms with Gasteiger partial charge in [0.1, 0.15) is 0 Å². The molecule has 1 amide bonds. The smallest absolute Gasteiger partial charge is 0.253 e. The first-order valence-corrected chi connectivity index (χ1v) is 7.67. The summed E-state index contributed by atoms with van der Waals surface area (Å²) in [5, 5.41) is 3.28. The molecule has 2 rings (SSSR count). The van der Waals surface area contributed by atoms with Gasteiger partial charge in [-0.15, -0.1) is 11.3 Å². The molecule has 0 fully saturated rings. The summed E-state index contributed by atoms with van der Waals surface area (Å²) in [7, 11) is 3.44. The van der Waals surface area contributed by atoms with Crippen LogP contribution in [0.5, 0.6) is 0 Å². The second kappa shape index (κ2) is 6.28. The first kappa shape index (κ1) is 14.9. The van der Waals surface area contributed by atoms with Gasteiger partial charge < -0.3 is 16.0 Å². The van der Waals surface area contributed by atoms with Gasteiger partial charge in [-0.2, -0.15) is 0 Å². The number of hydrogen-bond donors (Lipinski definition) is 2. The van der Waals surface area contributed by atoms with Crippen LogP contribution in [0.1, 0.15) is 15.2 Å². The van der Waals surface area contributed by atoms with E-state index in [-0.39, 0.29) is 5.91 Å². The van der Waals surface area contributed by atoms with Crippen molar-refractivity contribution in [3.63, 3.8) is 0 Å². The van der Waals surface area contributed by atoms with Crippen LogP contribution in [0.25, 0.3) is 0 Å². The number of carbonyl (C=O) groups is 1. The van der Waals surface area contributed by atoms with Gasteiger partial charge in [0.2, 0.25) is 0 Å². The van der Waals surface area contributed by atoms with Crippen molar-refractivity contribution in [2.24, 2.45) is 0 Å². The summed E-state index contributed by atoms with van der Waals surface area (Å²) >= 11 is 5.11. The molecule has 2 aromatic rings. The van der Waals surface area contributed by atoms with E-state index in [4.69, 9.17) is 5.73 Å². The first-order valence-electron chi connectivity index (χ1n) is 6.06. The number of rotatable bonds is 4. The predicted molar refractivity (Wildman–Crippen MR) is 88.2 cm³/mol. The van der Waals surface area contributed by atoms with E-state index in [2.05, 4.69) is 27.3 Å². The molecule has 0 bridgehead atoms. The van der Waals surface area contributed by atoms with Crippen LogP contribution in [-0.2, 0) is 6.54 Å². The Balaban J connectivity index is 2.08. The molecule has 0 saturated heterocycles. The van der Waals surface area contributed by atoms with Crippen LogP contribution in [0.3, 0.4) is 0 Å². The Morgan fingerprint density at radius 1 is 1.35 bits per heavy atom. The molecule has 4 nitrogen and oxygen atoms in total. The summed E-state index contributed by atoms with van der Waals surface area (Å²) in [5.41, 5.74) is 8.00. The number of nitrogen functional groups attached to an aromatic ring is 1. The second-order valence-corrected chi connectivity index (χ2v) is 7.11. The third-order valence-electron chi connectivity index (χ3n) is 2.79. The van der Waals surface area contributed by atoms with Crippen LogP contribution < -0.4 is 11.1 Å². The topological polar surface area (TPSA) is 58.4 Å². The average molecular weight is 354 g/mol. The monoisotopic (exact) mass is 353 g/mol. The number of hydrogen-bond acceptors (Lipinski definition) is 4. The number of amides is 1. The largest absolute Gasteiger partial charge is 0.397 e. The number of nitrogens with zero attached hydrogens (tertiary/aromatic N) is 1. The van der Waals surface area contributed by atoms with Crippen LogP contribution in [0, 0.1) is 0 Å². The van der Waals surface area contributed by atoms with E-state index in [0.29, 0.717) is 17.8 Å². The molecule has 0 aliphatic rings. The number of halogens is 1. The number of benzene rings is 1. The zero-order chi connectivity index (χ0) is 14.7. The SMILES string of the molecule is CN(C)C(=O)c1ccc(NCc2ccc(Br)s2)c(N)c1. The van der Waals surface area contributed by atoms with Gasteiger partial charge in [0, 0.05) is 31.1 Å². The molecular formula is C14H16BrN3OS. The van der Waals surface area contributed by atoms with Gasteiger partial charge in [-0.1, -0.05) is 0 Å². The first-order chi connectivity index (χ1) is 9.47. The van der Waals surface area contributed by atoms with Crippen molar-refractivity contribution in [1.82, 2.24) is 4.90 Å². The second-order valence-electron chi connectivity index (χ2n) is 4.56. The predicted octanol–water partition coefficient (Wildman–Crippen LogP) is 3.41. The normalized spacial score (nSPS) is 10.3. The highest BCUT2D eigenvalue weighted by Gasteiger charge is 2.10. The fourth-order valence-electron chi connectivity index (χ4n) is 1.74. The molecule has 20 heavy (non-hydrogen) atoms. The minimum absolute atomic E-state index is 0.0505. The van der Waals surface area contributed by atoms with Crippen molar-refractivity contribution in [3.05, 3.63) is 44.6 Å². The van der Waals surface area contributed by atoms with Gasteiger partial charge in [0.25, 0.3) is 5.91 Å². The molecule has 0 aliphatic carbocycles. The van der Waals surface area contributed by atoms with E-state index in [1.54, 1.807) is 37.6 Å². The van der Waals surface area contributed by atoms with Crippen LogP contribution >= 0.6 is 27.3 Å². The minimum Gasteiger partial charge on any atom is -0.397 e. The Bertz CT molecular complexity index is 625. The van der Waals surface area contributed by atoms with Crippen LogP contribution in [-0.4, -0.2) is 24.9 Å². The average Bonchev–Trinajstić information content (AvgIpc) is 2.82. The molecule has 6 heteroatoms. The van der Waals surface area contributed by atoms with E-state index in [0.717, 1.165) is 9.47 Å². The highest BCUT2D eigenvalue weighted by atomic mass is 79.9. The van der Waals surface area contributed by atoms with Gasteiger partial charge in [-0.25, -0.2) is 0 Å². The molecule has 0 atom stereocenters. The molecule has 1 heterocycles. The summed E-state index contributed by atoms with van der Waals surface area (Å²) < 4.78 is 1.11. The number of thiophene rings is 1. The van der Waals surface area contributed by atoms with Crippen LogP contribution in [0.15, 0.2) is 34.1 Å². The molecule has 3 N–H and O–H groups in total. The highest BCUT2D eigenvalue weighted by Crippen LogP contribution is 2.25. The Morgan fingerprint density at radius 3 is 2.65 bits per heavy atom. The maximum atomic E-state index is 11.8. The van der Waals surface area contributed by atoms with Gasteiger partial charge in [0.15, 0.2) is 0 Å². The Morgan fingerprint density at radius 2 is 2.10 bits per heavy atom. The molecule has 0 saturated carbocycles. The van der Waals surface area contributed by atoms with Crippen molar-refractivity contribution in [1.29, 1.82) is 0 Å². The maximum absolute atomic E-state index is 11.8. The third-order valence-corrected chi connectivity index (χ3v) is 4.41. The zero-order valence-corrected chi connectivity index (χ0v) is 13.7. The van der Waals surface area contributed by atoms with Crippen LogP contribution in [0.4, 0.5) is 11.4 Å². The summed E-state index contributed by atoms with van der Waals surface area (Å²) in [4.78, 5) is 14.6. The van der Waals surface area contributed by atoms with Crippen molar-refractivity contribution >= 4 is 44.5 Å². The quantitative estimate of drug-likeness (QED) is 0.828. The molecule has 106 valence electrons. The van der Waals surface area contributed by atoms with Gasteiger partial charge in [-0.3, -0.25) is 4.79 Å². The molecule has 0 spiro atoms.